The van der Waals surface area contributed by atoms with Crippen LogP contribution in [0.1, 0.15) is 80.1 Å². The van der Waals surface area contributed by atoms with Gasteiger partial charge in [-0.25, -0.2) is 4.79 Å². The summed E-state index contributed by atoms with van der Waals surface area (Å²) in [5.74, 6) is -0.662. The fourth-order valence-corrected chi connectivity index (χ4v) is 5.36. The van der Waals surface area contributed by atoms with Crippen molar-refractivity contribution < 1.29 is 30.0 Å². The molecule has 11 atom stereocenters. The molecule has 0 bridgehead atoms. The predicted molar refractivity (Wildman–Crippen MR) is 154 cm³/mol. The summed E-state index contributed by atoms with van der Waals surface area (Å²) >= 11 is 0. The third-order valence-corrected chi connectivity index (χ3v) is 8.18. The lowest BCUT2D eigenvalue weighted by Crippen LogP contribution is -2.37. The van der Waals surface area contributed by atoms with E-state index < -0.39 is 36.5 Å². The molecule has 0 aromatic heterocycles. The third kappa shape index (κ3) is 12.4. The van der Waals surface area contributed by atoms with Gasteiger partial charge in [-0.15, -0.1) is 0 Å². The summed E-state index contributed by atoms with van der Waals surface area (Å²) in [5, 5.41) is 42.9. The Bertz CT molecular complexity index is 774. The molecule has 0 saturated heterocycles. The highest BCUT2D eigenvalue weighted by atomic mass is 16.5. The second-order valence-corrected chi connectivity index (χ2v) is 11.8. The maximum atomic E-state index is 12.6. The highest BCUT2D eigenvalue weighted by Crippen LogP contribution is 2.29. The second kappa shape index (κ2) is 17.8. The SMILES string of the molecule is C=C/C=C\[C@H](C)[C@@H]1OC(=O)/C=C\C=C\[C@@H](C)[C@H](O)C[C@@H](O)CC[C@H](C)[C@H](O)[C@@H](C)C[C@@H](C)CC[C@@H](O)[C@@H]1C. The van der Waals surface area contributed by atoms with Gasteiger partial charge in [-0.3, -0.25) is 0 Å². The van der Waals surface area contributed by atoms with E-state index in [-0.39, 0.29) is 36.0 Å². The first-order valence-corrected chi connectivity index (χ1v) is 14.4. The number of rotatable bonds is 3. The Labute approximate surface area is 231 Å². The van der Waals surface area contributed by atoms with Gasteiger partial charge in [-0.2, -0.15) is 0 Å². The molecule has 218 valence electrons. The van der Waals surface area contributed by atoms with E-state index in [2.05, 4.69) is 20.4 Å². The van der Waals surface area contributed by atoms with E-state index in [1.807, 2.05) is 39.8 Å². The van der Waals surface area contributed by atoms with Gasteiger partial charge in [0.15, 0.2) is 0 Å². The van der Waals surface area contributed by atoms with Crippen molar-refractivity contribution in [3.63, 3.8) is 0 Å². The molecule has 1 aliphatic rings. The van der Waals surface area contributed by atoms with Crippen LogP contribution >= 0.6 is 0 Å². The van der Waals surface area contributed by atoms with E-state index in [1.54, 1.807) is 24.3 Å². The van der Waals surface area contributed by atoms with E-state index >= 15 is 0 Å². The molecule has 1 aliphatic heterocycles. The molecule has 1 rings (SSSR count). The lowest BCUT2D eigenvalue weighted by molar-refractivity contribution is -0.150. The van der Waals surface area contributed by atoms with Crippen molar-refractivity contribution in [1.82, 2.24) is 0 Å². The van der Waals surface area contributed by atoms with Crippen LogP contribution in [0.15, 0.2) is 49.1 Å². The summed E-state index contributed by atoms with van der Waals surface area (Å²) < 4.78 is 5.82. The monoisotopic (exact) mass is 534 g/mol. The molecule has 0 aromatic carbocycles. The average molecular weight is 535 g/mol. The van der Waals surface area contributed by atoms with Crippen LogP contribution in [0.3, 0.4) is 0 Å². The summed E-state index contributed by atoms with van der Waals surface area (Å²) in [5.41, 5.74) is 0. The summed E-state index contributed by atoms with van der Waals surface area (Å²) in [6.07, 6.45) is 12.5. The van der Waals surface area contributed by atoms with Gasteiger partial charge in [0.1, 0.15) is 6.10 Å². The van der Waals surface area contributed by atoms with E-state index in [9.17, 15) is 25.2 Å². The molecule has 6 heteroatoms. The molecular weight excluding hydrogens is 480 g/mol. The third-order valence-electron chi connectivity index (χ3n) is 8.18. The molecule has 1 heterocycles. The summed E-state index contributed by atoms with van der Waals surface area (Å²) in [7, 11) is 0. The number of hydrogen-bond donors (Lipinski definition) is 4. The van der Waals surface area contributed by atoms with Gasteiger partial charge >= 0.3 is 5.97 Å². The van der Waals surface area contributed by atoms with Crippen molar-refractivity contribution in [2.45, 2.75) is 111 Å². The molecule has 0 saturated carbocycles. The Morgan fingerprint density at radius 1 is 0.921 bits per heavy atom. The van der Waals surface area contributed by atoms with E-state index in [0.717, 1.165) is 12.8 Å². The Hall–Kier alpha value is -1.73. The number of hydrogen-bond acceptors (Lipinski definition) is 6. The van der Waals surface area contributed by atoms with Gasteiger partial charge < -0.3 is 25.2 Å². The van der Waals surface area contributed by atoms with Crippen molar-refractivity contribution in [1.29, 1.82) is 0 Å². The average Bonchev–Trinajstić information content (AvgIpc) is 2.88. The quantitative estimate of drug-likeness (QED) is 0.287. The smallest absolute Gasteiger partial charge is 0.331 e. The first-order valence-electron chi connectivity index (χ1n) is 14.4. The molecule has 6 nitrogen and oxygen atoms in total. The molecule has 0 radical (unpaired) electrons. The Balaban J connectivity index is 3.13. The molecule has 0 unspecified atom stereocenters. The molecule has 4 N–H and O–H groups in total. The minimum atomic E-state index is -0.719. The van der Waals surface area contributed by atoms with Crippen molar-refractivity contribution in [2.24, 2.45) is 35.5 Å². The zero-order chi connectivity index (χ0) is 28.8. The number of esters is 1. The van der Waals surface area contributed by atoms with Gasteiger partial charge in [0.25, 0.3) is 0 Å². The van der Waals surface area contributed by atoms with E-state index in [1.165, 1.54) is 6.08 Å². The number of carbonyl (C=O) groups is 1. The first-order chi connectivity index (χ1) is 17.9. The number of allylic oxidation sites excluding steroid dienone is 4. The van der Waals surface area contributed by atoms with Crippen LogP contribution < -0.4 is 0 Å². The van der Waals surface area contributed by atoms with Gasteiger partial charge in [0, 0.05) is 23.8 Å². The molecule has 0 spiro atoms. The lowest BCUT2D eigenvalue weighted by Gasteiger charge is -2.32. The van der Waals surface area contributed by atoms with Crippen molar-refractivity contribution >= 4 is 5.97 Å². The summed E-state index contributed by atoms with van der Waals surface area (Å²) in [4.78, 5) is 12.6. The van der Waals surface area contributed by atoms with Gasteiger partial charge in [-0.05, 0) is 56.3 Å². The Morgan fingerprint density at radius 3 is 2.26 bits per heavy atom. The van der Waals surface area contributed by atoms with Crippen LogP contribution in [0.25, 0.3) is 0 Å². The van der Waals surface area contributed by atoms with Gasteiger partial charge in [-0.1, -0.05) is 84.6 Å². The minimum Gasteiger partial charge on any atom is -0.458 e. The topological polar surface area (TPSA) is 107 Å². The number of aliphatic hydroxyl groups excluding tert-OH is 4. The van der Waals surface area contributed by atoms with Crippen molar-refractivity contribution in [2.75, 3.05) is 0 Å². The fraction of sp³-hybridized carbons (Fsp3) is 0.719. The van der Waals surface area contributed by atoms with Gasteiger partial charge in [0.2, 0.25) is 0 Å². The molecule has 38 heavy (non-hydrogen) atoms. The summed E-state index contributed by atoms with van der Waals surface area (Å²) in [6, 6.07) is 0. The maximum Gasteiger partial charge on any atom is 0.331 e. The van der Waals surface area contributed by atoms with Crippen LogP contribution in [0.2, 0.25) is 0 Å². The lowest BCUT2D eigenvalue weighted by atomic mass is 9.81. The molecule has 0 fully saturated rings. The second-order valence-electron chi connectivity index (χ2n) is 11.8. The fourth-order valence-electron chi connectivity index (χ4n) is 5.36. The predicted octanol–water partition coefficient (Wildman–Crippen LogP) is 5.37. The largest absolute Gasteiger partial charge is 0.458 e. The molecule has 0 aliphatic carbocycles. The first kappa shape index (κ1) is 34.3. The highest BCUT2D eigenvalue weighted by molar-refractivity contribution is 5.82. The van der Waals surface area contributed by atoms with Gasteiger partial charge in [0.05, 0.1) is 24.4 Å². The van der Waals surface area contributed by atoms with Crippen LogP contribution in [0.5, 0.6) is 0 Å². The summed E-state index contributed by atoms with van der Waals surface area (Å²) in [6.45, 7) is 15.7. The van der Waals surface area contributed by atoms with Crippen LogP contribution in [-0.4, -0.2) is 56.9 Å². The van der Waals surface area contributed by atoms with Crippen LogP contribution in [0.4, 0.5) is 0 Å². The number of cyclic esters (lactones) is 1. The number of aliphatic hydroxyl groups is 4. The molecule has 0 aromatic rings. The Kier molecular flexibility index (Phi) is 16.0. The molecule has 0 amide bonds. The maximum absolute atomic E-state index is 12.6. The van der Waals surface area contributed by atoms with Crippen molar-refractivity contribution in [3.05, 3.63) is 49.1 Å². The van der Waals surface area contributed by atoms with E-state index in [4.69, 9.17) is 4.74 Å². The zero-order valence-electron chi connectivity index (χ0n) is 24.4. The van der Waals surface area contributed by atoms with Crippen molar-refractivity contribution in [3.8, 4) is 0 Å². The minimum absolute atomic E-state index is 0.0375. The zero-order valence-corrected chi connectivity index (χ0v) is 24.4. The highest BCUT2D eigenvalue weighted by Gasteiger charge is 2.31. The van der Waals surface area contributed by atoms with E-state index in [0.29, 0.717) is 25.2 Å². The molecular formula is C32H54O6. The normalized spacial score (nSPS) is 40.3. The van der Waals surface area contributed by atoms with Crippen LogP contribution in [0, 0.1) is 35.5 Å². The van der Waals surface area contributed by atoms with Crippen LogP contribution in [-0.2, 0) is 9.53 Å². The number of carbonyl (C=O) groups excluding carboxylic acids is 1. The Morgan fingerprint density at radius 2 is 1.61 bits per heavy atom. The standard InChI is InChI=1S/C32H54O6/c1-8-9-12-24(5)32-26(7)28(34)18-15-21(2)19-25(6)31(37)23(4)16-17-27(33)20-29(35)22(3)13-10-11-14-30(36)38-32/h8-14,21-29,31-35,37H,1,15-20H2,2-7H3/b12-9-,13-10+,14-11-/t21-,22+,23-,24-,25-,26-,27-,28+,29+,31-,32-/m0/s1. The number of ether oxygens (including phenoxy) is 1.